The molecule has 23 heavy (non-hydrogen) atoms. The van der Waals surface area contributed by atoms with Crippen LogP contribution in [0.15, 0.2) is 29.2 Å². The van der Waals surface area contributed by atoms with Crippen LogP contribution in [0.2, 0.25) is 0 Å². The molecular formula is C17H24N4O2. The Morgan fingerprint density at radius 2 is 2.00 bits per heavy atom. The van der Waals surface area contributed by atoms with Gasteiger partial charge in [-0.05, 0) is 39.3 Å². The molecule has 0 aliphatic carbocycles. The van der Waals surface area contributed by atoms with Gasteiger partial charge in [-0.15, -0.1) is 0 Å². The summed E-state index contributed by atoms with van der Waals surface area (Å²) in [6.07, 6.45) is 1.64. The van der Waals surface area contributed by atoms with Gasteiger partial charge in [0.1, 0.15) is 17.2 Å². The van der Waals surface area contributed by atoms with E-state index in [0.29, 0.717) is 13.1 Å². The molecule has 1 heterocycles. The molecule has 0 atom stereocenters. The molecule has 6 nitrogen and oxygen atoms in total. The van der Waals surface area contributed by atoms with E-state index < -0.39 is 5.60 Å². The van der Waals surface area contributed by atoms with Gasteiger partial charge in [-0.2, -0.15) is 4.98 Å². The van der Waals surface area contributed by atoms with Gasteiger partial charge in [-0.3, -0.25) is 4.57 Å². The quantitative estimate of drug-likeness (QED) is 0.873. The largest absolute Gasteiger partial charge is 0.486 e. The molecule has 0 radical (unpaired) electrons. The molecule has 0 aliphatic rings. The number of hydrogen-bond acceptors (Lipinski definition) is 5. The molecule has 0 saturated heterocycles. The smallest absolute Gasteiger partial charge is 0.349 e. The second kappa shape index (κ2) is 6.42. The normalized spacial score (nSPS) is 11.5. The Hall–Kier alpha value is -2.34. The lowest BCUT2D eigenvalue weighted by molar-refractivity contribution is 0.116. The van der Waals surface area contributed by atoms with Crippen LogP contribution in [0.4, 0.5) is 5.82 Å². The van der Waals surface area contributed by atoms with Gasteiger partial charge in [0.2, 0.25) is 0 Å². The van der Waals surface area contributed by atoms with Crippen LogP contribution in [0.3, 0.4) is 0 Å². The van der Waals surface area contributed by atoms with Crippen molar-refractivity contribution in [2.24, 2.45) is 5.73 Å². The number of ether oxygens (including phenoxy) is 1. The third-order valence-corrected chi connectivity index (χ3v) is 3.60. The minimum atomic E-state index is -0.487. The second-order valence-electron chi connectivity index (χ2n) is 6.40. The van der Waals surface area contributed by atoms with E-state index in [1.165, 1.54) is 4.57 Å². The summed E-state index contributed by atoms with van der Waals surface area (Å²) in [5.74, 6) is 0.974. The minimum absolute atomic E-state index is 0.215. The summed E-state index contributed by atoms with van der Waals surface area (Å²) in [5.41, 5.74) is 13.5. The van der Waals surface area contributed by atoms with E-state index >= 15 is 0 Å². The van der Waals surface area contributed by atoms with E-state index in [9.17, 15) is 4.79 Å². The van der Waals surface area contributed by atoms with E-state index in [4.69, 9.17) is 16.2 Å². The highest BCUT2D eigenvalue weighted by Gasteiger charge is 2.21. The maximum absolute atomic E-state index is 12.0. The number of hydrogen-bond donors (Lipinski definition) is 2. The highest BCUT2D eigenvalue weighted by Crippen LogP contribution is 2.29. The van der Waals surface area contributed by atoms with Crippen LogP contribution in [0.5, 0.6) is 5.75 Å². The van der Waals surface area contributed by atoms with Crippen LogP contribution in [0.1, 0.15) is 30.5 Å². The zero-order chi connectivity index (χ0) is 17.2. The number of rotatable bonds is 5. The minimum Gasteiger partial charge on any atom is -0.486 e. The van der Waals surface area contributed by atoms with Crippen LogP contribution in [0, 0.1) is 13.8 Å². The van der Waals surface area contributed by atoms with Gasteiger partial charge >= 0.3 is 5.69 Å². The first-order valence-corrected chi connectivity index (χ1v) is 7.54. The first-order valence-electron chi connectivity index (χ1n) is 7.54. The second-order valence-corrected chi connectivity index (χ2v) is 6.40. The van der Waals surface area contributed by atoms with Crippen LogP contribution in [0.25, 0.3) is 0 Å². The molecular weight excluding hydrogens is 292 g/mol. The standard InChI is InChI=1S/C17H24N4O2/c1-11-7-12(2)15(23-17(3,4)10-18)13(8-11)9-21-6-5-14(19)20-16(21)22/h5-8H,9-10,18H2,1-4H3,(H2,19,20,22). The van der Waals surface area contributed by atoms with Gasteiger partial charge in [0.05, 0.1) is 6.54 Å². The number of nitrogens with two attached hydrogens (primary N) is 2. The Balaban J connectivity index is 2.46. The molecule has 1 aromatic heterocycles. The van der Waals surface area contributed by atoms with E-state index in [1.807, 2.05) is 33.8 Å². The van der Waals surface area contributed by atoms with Gasteiger partial charge in [0.15, 0.2) is 0 Å². The van der Waals surface area contributed by atoms with Crippen molar-refractivity contribution in [2.45, 2.75) is 39.8 Å². The molecule has 0 aliphatic heterocycles. The highest BCUT2D eigenvalue weighted by atomic mass is 16.5. The van der Waals surface area contributed by atoms with Gasteiger partial charge in [-0.25, -0.2) is 4.79 Å². The third kappa shape index (κ3) is 4.10. The molecule has 1 aromatic carbocycles. The number of benzene rings is 1. The van der Waals surface area contributed by atoms with Gasteiger partial charge < -0.3 is 16.2 Å². The molecule has 0 spiro atoms. The fourth-order valence-corrected chi connectivity index (χ4v) is 2.37. The Morgan fingerprint density at radius 1 is 1.30 bits per heavy atom. The molecule has 0 amide bonds. The average Bonchev–Trinajstić information content (AvgIpc) is 2.45. The van der Waals surface area contributed by atoms with E-state index in [0.717, 1.165) is 22.4 Å². The lowest BCUT2D eigenvalue weighted by Crippen LogP contribution is -2.37. The number of nitrogens with zero attached hydrogens (tertiary/aromatic N) is 2. The first-order chi connectivity index (χ1) is 10.7. The number of anilines is 1. The molecule has 0 saturated carbocycles. The van der Waals surface area contributed by atoms with Gasteiger partial charge in [-0.1, -0.05) is 17.7 Å². The fraction of sp³-hybridized carbons (Fsp3) is 0.412. The van der Waals surface area contributed by atoms with Crippen molar-refractivity contribution in [1.29, 1.82) is 0 Å². The molecule has 4 N–H and O–H groups in total. The highest BCUT2D eigenvalue weighted by molar-refractivity contribution is 5.44. The Kier molecular flexibility index (Phi) is 4.75. The summed E-state index contributed by atoms with van der Waals surface area (Å²) < 4.78 is 7.63. The number of aryl methyl sites for hydroxylation is 2. The molecule has 2 rings (SSSR count). The number of nitrogen functional groups attached to an aromatic ring is 1. The van der Waals surface area contributed by atoms with E-state index in [-0.39, 0.29) is 11.5 Å². The summed E-state index contributed by atoms with van der Waals surface area (Å²) in [7, 11) is 0. The summed E-state index contributed by atoms with van der Waals surface area (Å²) in [6.45, 7) is 8.63. The van der Waals surface area contributed by atoms with Crippen molar-refractivity contribution >= 4 is 5.82 Å². The van der Waals surface area contributed by atoms with Crippen molar-refractivity contribution in [1.82, 2.24) is 9.55 Å². The predicted molar refractivity (Wildman–Crippen MR) is 91.7 cm³/mol. The third-order valence-electron chi connectivity index (χ3n) is 3.60. The van der Waals surface area contributed by atoms with Crippen LogP contribution >= 0.6 is 0 Å². The van der Waals surface area contributed by atoms with Crippen molar-refractivity contribution in [2.75, 3.05) is 12.3 Å². The Morgan fingerprint density at radius 3 is 2.61 bits per heavy atom. The zero-order valence-electron chi connectivity index (χ0n) is 14.1. The summed E-state index contributed by atoms with van der Waals surface area (Å²) in [5, 5.41) is 0. The molecule has 6 heteroatoms. The van der Waals surface area contributed by atoms with Crippen LogP contribution < -0.4 is 21.9 Å². The Labute approximate surface area is 136 Å². The van der Waals surface area contributed by atoms with Crippen molar-refractivity contribution in [3.8, 4) is 5.75 Å². The Bertz CT molecular complexity index is 766. The van der Waals surface area contributed by atoms with Gasteiger partial charge in [0, 0.05) is 18.3 Å². The SMILES string of the molecule is Cc1cc(C)c(OC(C)(C)CN)c(Cn2ccc(N)nc2=O)c1. The maximum atomic E-state index is 12.0. The van der Waals surface area contributed by atoms with Crippen molar-refractivity contribution in [3.05, 3.63) is 51.6 Å². The predicted octanol–water partition coefficient (Wildman–Crippen LogP) is 1.61. The fourth-order valence-electron chi connectivity index (χ4n) is 2.37. The topological polar surface area (TPSA) is 96.2 Å². The average molecular weight is 316 g/mol. The summed E-state index contributed by atoms with van der Waals surface area (Å²) >= 11 is 0. The lowest BCUT2D eigenvalue weighted by atomic mass is 10.0. The number of aromatic nitrogens is 2. The van der Waals surface area contributed by atoms with Crippen LogP contribution in [-0.2, 0) is 6.54 Å². The monoisotopic (exact) mass is 316 g/mol. The molecule has 0 bridgehead atoms. The molecule has 0 fully saturated rings. The molecule has 0 unspecified atom stereocenters. The van der Waals surface area contributed by atoms with E-state index in [2.05, 4.69) is 11.1 Å². The van der Waals surface area contributed by atoms with Crippen LogP contribution in [-0.4, -0.2) is 21.7 Å². The van der Waals surface area contributed by atoms with Gasteiger partial charge in [0.25, 0.3) is 0 Å². The first kappa shape index (κ1) is 17.0. The van der Waals surface area contributed by atoms with E-state index in [1.54, 1.807) is 12.3 Å². The summed E-state index contributed by atoms with van der Waals surface area (Å²) in [6, 6.07) is 5.67. The molecule has 2 aromatic rings. The zero-order valence-corrected chi connectivity index (χ0v) is 14.1. The maximum Gasteiger partial charge on any atom is 0.349 e. The lowest BCUT2D eigenvalue weighted by Gasteiger charge is -2.28. The van der Waals surface area contributed by atoms with Crippen molar-refractivity contribution in [3.63, 3.8) is 0 Å². The summed E-state index contributed by atoms with van der Waals surface area (Å²) in [4.78, 5) is 15.7. The van der Waals surface area contributed by atoms with Crippen molar-refractivity contribution < 1.29 is 4.74 Å². The molecule has 124 valence electrons.